The molecule has 2 aromatic carbocycles. The largest absolute Gasteiger partial charge is 0.443 e. The van der Waals surface area contributed by atoms with Crippen molar-refractivity contribution in [1.82, 2.24) is 14.6 Å². The molecule has 0 aliphatic carbocycles. The molecule has 12 heteroatoms. The Hall–Kier alpha value is -3.77. The van der Waals surface area contributed by atoms with Gasteiger partial charge in [0.2, 0.25) is 11.0 Å². The Bertz CT molecular complexity index is 1600. The van der Waals surface area contributed by atoms with E-state index in [1.807, 2.05) is 0 Å². The summed E-state index contributed by atoms with van der Waals surface area (Å²) in [6.45, 7) is 0.106. The maximum atomic E-state index is 13.5. The Morgan fingerprint density at radius 3 is 2.55 bits per heavy atom. The maximum absolute atomic E-state index is 13.5. The third-order valence-electron chi connectivity index (χ3n) is 6.33. The van der Waals surface area contributed by atoms with Gasteiger partial charge in [0.25, 0.3) is 10.0 Å². The van der Waals surface area contributed by atoms with Crippen LogP contribution >= 0.6 is 0 Å². The van der Waals surface area contributed by atoms with E-state index >= 15 is 0 Å². The highest BCUT2D eigenvalue weighted by Crippen LogP contribution is 2.32. The number of nitrogens with one attached hydrogen (secondary N) is 1. The van der Waals surface area contributed by atoms with Gasteiger partial charge in [-0.2, -0.15) is 17.5 Å². The fourth-order valence-corrected chi connectivity index (χ4v) is 6.03. The van der Waals surface area contributed by atoms with Gasteiger partial charge in [-0.05, 0) is 66.4 Å². The van der Waals surface area contributed by atoms with E-state index in [1.54, 1.807) is 12.1 Å². The van der Waals surface area contributed by atoms with Crippen molar-refractivity contribution in [3.63, 3.8) is 0 Å². The first-order valence-corrected chi connectivity index (χ1v) is 13.1. The number of benzene rings is 2. The van der Waals surface area contributed by atoms with Gasteiger partial charge in [-0.15, -0.1) is 0 Å². The zero-order valence-corrected chi connectivity index (χ0v) is 20.5. The Labute approximate surface area is 215 Å². The van der Waals surface area contributed by atoms with Gasteiger partial charge in [-0.3, -0.25) is 9.78 Å². The maximum Gasteiger partial charge on any atom is 0.416 e. The van der Waals surface area contributed by atoms with E-state index in [-0.39, 0.29) is 23.8 Å². The standard InChI is InChI=1S/C26H21F4N3O4S/c27-20-7-8-23-18(12-20)14-24(37-23)38(35,36)33-11-1-2-22(33)25(34)32-15-21-13-17(9-10-31-21)16-3-5-19(6-4-16)26(28,29)30/h3-10,12-14,22H,1-2,11,15H2,(H,32,34)/t22-/m0/s1. The molecule has 1 fully saturated rings. The number of sulfonamides is 1. The molecule has 0 unspecified atom stereocenters. The van der Waals surface area contributed by atoms with Crippen LogP contribution in [0.2, 0.25) is 0 Å². The highest BCUT2D eigenvalue weighted by molar-refractivity contribution is 7.89. The molecule has 1 saturated heterocycles. The molecular formula is C26H21F4N3O4S. The number of fused-ring (bicyclic) bond motifs is 1. The van der Waals surface area contributed by atoms with Crippen LogP contribution in [0.5, 0.6) is 0 Å². The van der Waals surface area contributed by atoms with Crippen molar-refractivity contribution in [3.8, 4) is 11.1 Å². The van der Waals surface area contributed by atoms with Crippen LogP contribution in [0, 0.1) is 5.82 Å². The highest BCUT2D eigenvalue weighted by Gasteiger charge is 2.41. The Morgan fingerprint density at radius 2 is 1.82 bits per heavy atom. The van der Waals surface area contributed by atoms with Crippen molar-refractivity contribution in [3.05, 3.63) is 83.9 Å². The number of furan rings is 1. The Kier molecular flexibility index (Phi) is 6.70. The summed E-state index contributed by atoms with van der Waals surface area (Å²) in [5, 5.41) is 2.62. The lowest BCUT2D eigenvalue weighted by atomic mass is 10.0. The van der Waals surface area contributed by atoms with E-state index in [9.17, 15) is 30.8 Å². The number of hydrogen-bond acceptors (Lipinski definition) is 5. The molecule has 0 spiro atoms. The number of pyridine rings is 1. The summed E-state index contributed by atoms with van der Waals surface area (Å²) in [7, 11) is -4.16. The smallest absolute Gasteiger partial charge is 0.416 e. The summed E-state index contributed by atoms with van der Waals surface area (Å²) in [6, 6.07) is 11.9. The third-order valence-corrected chi connectivity index (χ3v) is 8.10. The molecule has 7 nitrogen and oxygen atoms in total. The second kappa shape index (κ2) is 9.84. The van der Waals surface area contributed by atoms with Crippen LogP contribution in [0.25, 0.3) is 22.1 Å². The van der Waals surface area contributed by atoms with E-state index in [1.165, 1.54) is 30.5 Å². The molecule has 2 aromatic heterocycles. The lowest BCUT2D eigenvalue weighted by Gasteiger charge is -2.22. The first-order chi connectivity index (χ1) is 18.0. The summed E-state index contributed by atoms with van der Waals surface area (Å²) in [5.74, 6) is -1.05. The summed E-state index contributed by atoms with van der Waals surface area (Å²) < 4.78 is 85.0. The van der Waals surface area contributed by atoms with Gasteiger partial charge < -0.3 is 9.73 Å². The molecule has 1 atom stereocenters. The van der Waals surface area contributed by atoms with Gasteiger partial charge in [-0.25, -0.2) is 12.8 Å². The molecule has 5 rings (SSSR count). The summed E-state index contributed by atoms with van der Waals surface area (Å²) in [4.78, 5) is 17.2. The van der Waals surface area contributed by atoms with Gasteiger partial charge in [-0.1, -0.05) is 12.1 Å². The van der Waals surface area contributed by atoms with Gasteiger partial charge in [0.15, 0.2) is 0 Å². The lowest BCUT2D eigenvalue weighted by Crippen LogP contribution is -2.45. The van der Waals surface area contributed by atoms with E-state index in [2.05, 4.69) is 10.3 Å². The average Bonchev–Trinajstić information content (AvgIpc) is 3.55. The summed E-state index contributed by atoms with van der Waals surface area (Å²) in [5.41, 5.74) is 1.07. The number of alkyl halides is 3. The van der Waals surface area contributed by atoms with Gasteiger partial charge in [0.1, 0.15) is 17.4 Å². The second-order valence-electron chi connectivity index (χ2n) is 8.85. The van der Waals surface area contributed by atoms with Crippen LogP contribution < -0.4 is 5.32 Å². The predicted octanol–water partition coefficient (Wildman–Crippen LogP) is 5.12. The quantitative estimate of drug-likeness (QED) is 0.338. The molecule has 4 aromatic rings. The number of aromatic nitrogens is 1. The van der Waals surface area contributed by atoms with Gasteiger partial charge in [0.05, 0.1) is 17.8 Å². The molecule has 0 bridgehead atoms. The van der Waals surface area contributed by atoms with Gasteiger partial charge >= 0.3 is 6.18 Å². The SMILES string of the molecule is O=C(NCc1cc(-c2ccc(C(F)(F)F)cc2)ccn1)[C@@H]1CCCN1S(=O)(=O)c1cc2cc(F)ccc2o1. The number of halogens is 4. The molecular weight excluding hydrogens is 526 g/mol. The number of rotatable bonds is 6. The minimum atomic E-state index is -4.43. The number of amides is 1. The predicted molar refractivity (Wildman–Crippen MR) is 130 cm³/mol. The Morgan fingerprint density at radius 1 is 1.05 bits per heavy atom. The minimum absolute atomic E-state index is 0.0123. The summed E-state index contributed by atoms with van der Waals surface area (Å²) in [6.07, 6.45) is -2.19. The molecule has 1 N–H and O–H groups in total. The topological polar surface area (TPSA) is 92.5 Å². The molecule has 38 heavy (non-hydrogen) atoms. The number of carbonyl (C=O) groups is 1. The van der Waals surface area contributed by atoms with E-state index in [4.69, 9.17) is 4.42 Å². The van der Waals surface area contributed by atoms with Crippen LogP contribution in [0.15, 0.2) is 76.4 Å². The highest BCUT2D eigenvalue weighted by atomic mass is 32.2. The zero-order valence-electron chi connectivity index (χ0n) is 19.7. The zero-order chi connectivity index (χ0) is 27.1. The number of nitrogens with zero attached hydrogens (tertiary/aromatic N) is 2. The lowest BCUT2D eigenvalue weighted by molar-refractivity contribution is -0.137. The number of hydrogen-bond donors (Lipinski definition) is 1. The normalized spacial score (nSPS) is 16.7. The van der Waals surface area contributed by atoms with Crippen LogP contribution in [0.4, 0.5) is 17.6 Å². The Balaban J connectivity index is 1.28. The van der Waals surface area contributed by atoms with Crippen molar-refractivity contribution in [1.29, 1.82) is 0 Å². The molecule has 3 heterocycles. The first kappa shape index (κ1) is 25.9. The molecule has 1 aliphatic heterocycles. The second-order valence-corrected chi connectivity index (χ2v) is 10.7. The first-order valence-electron chi connectivity index (χ1n) is 11.6. The molecule has 0 radical (unpaired) electrons. The molecule has 1 aliphatic rings. The number of carbonyl (C=O) groups excluding carboxylic acids is 1. The van der Waals surface area contributed by atoms with E-state index < -0.39 is 39.5 Å². The van der Waals surface area contributed by atoms with Crippen molar-refractivity contribution in [2.45, 2.75) is 36.7 Å². The van der Waals surface area contributed by atoms with Crippen LogP contribution in [-0.2, 0) is 27.5 Å². The fraction of sp³-hybridized carbons (Fsp3) is 0.231. The van der Waals surface area contributed by atoms with Gasteiger partial charge in [0, 0.05) is 24.2 Å². The van der Waals surface area contributed by atoms with Crippen LogP contribution in [0.1, 0.15) is 24.1 Å². The average molecular weight is 548 g/mol. The van der Waals surface area contributed by atoms with Crippen molar-refractivity contribution in [2.75, 3.05) is 6.54 Å². The summed E-state index contributed by atoms with van der Waals surface area (Å²) >= 11 is 0. The minimum Gasteiger partial charge on any atom is -0.443 e. The molecule has 198 valence electrons. The van der Waals surface area contributed by atoms with Crippen LogP contribution in [-0.4, -0.2) is 36.2 Å². The molecule has 0 saturated carbocycles. The van der Waals surface area contributed by atoms with E-state index in [0.717, 1.165) is 28.6 Å². The van der Waals surface area contributed by atoms with Crippen LogP contribution in [0.3, 0.4) is 0 Å². The van der Waals surface area contributed by atoms with Crippen molar-refractivity contribution in [2.24, 2.45) is 0 Å². The fourth-order valence-electron chi connectivity index (χ4n) is 4.42. The van der Waals surface area contributed by atoms with E-state index in [0.29, 0.717) is 35.0 Å². The molecule has 1 amide bonds. The third kappa shape index (κ3) is 5.14. The monoisotopic (exact) mass is 547 g/mol. The van der Waals surface area contributed by atoms with Crippen molar-refractivity contribution < 1.29 is 35.2 Å². The van der Waals surface area contributed by atoms with Crippen molar-refractivity contribution >= 4 is 26.9 Å².